The van der Waals surface area contributed by atoms with Gasteiger partial charge in [0.2, 0.25) is 0 Å². The summed E-state index contributed by atoms with van der Waals surface area (Å²) in [6.07, 6.45) is 0.367. The Hall–Kier alpha value is -0.620. The topological polar surface area (TPSA) is 91.7 Å². The number of carboxylic acid groups (broad SMARTS) is 1. The standard InChI is InChI=1S/C9H16O5S/c1-2-7(8(10)11)9(12)3-5-15(13,14)6-4-9/h7,12H,2-6H2,1H3,(H,10,11). The minimum absolute atomic E-state index is 0.0279. The van der Waals surface area contributed by atoms with Crippen molar-refractivity contribution in [2.75, 3.05) is 11.5 Å². The molecule has 1 saturated heterocycles. The van der Waals surface area contributed by atoms with Crippen LogP contribution in [0.2, 0.25) is 0 Å². The van der Waals surface area contributed by atoms with Crippen molar-refractivity contribution in [1.82, 2.24) is 0 Å². The lowest BCUT2D eigenvalue weighted by atomic mass is 9.81. The minimum Gasteiger partial charge on any atom is -0.481 e. The van der Waals surface area contributed by atoms with E-state index >= 15 is 0 Å². The normalized spacial score (nSPS) is 25.7. The zero-order valence-electron chi connectivity index (χ0n) is 8.64. The van der Waals surface area contributed by atoms with Gasteiger partial charge in [0.15, 0.2) is 9.84 Å². The highest BCUT2D eigenvalue weighted by atomic mass is 32.2. The molecule has 1 heterocycles. The second-order valence-corrected chi connectivity index (χ2v) is 6.36. The molecule has 0 bridgehead atoms. The molecule has 0 aromatic carbocycles. The van der Waals surface area contributed by atoms with Gasteiger partial charge in [-0.3, -0.25) is 4.79 Å². The van der Waals surface area contributed by atoms with Crippen molar-refractivity contribution in [2.24, 2.45) is 5.92 Å². The summed E-state index contributed by atoms with van der Waals surface area (Å²) in [4.78, 5) is 10.9. The molecular weight excluding hydrogens is 220 g/mol. The highest BCUT2D eigenvalue weighted by Crippen LogP contribution is 2.33. The predicted octanol–water partition coefficient (Wildman–Crippen LogP) is 0.0369. The summed E-state index contributed by atoms with van der Waals surface area (Å²) in [5, 5.41) is 19.0. The third-order valence-electron chi connectivity index (χ3n) is 3.05. The first-order valence-corrected chi connectivity index (χ1v) is 6.78. The molecule has 1 aliphatic rings. The first-order valence-electron chi connectivity index (χ1n) is 4.96. The molecule has 1 unspecified atom stereocenters. The smallest absolute Gasteiger partial charge is 0.309 e. The molecule has 5 nitrogen and oxygen atoms in total. The maximum Gasteiger partial charge on any atom is 0.309 e. The fourth-order valence-corrected chi connectivity index (χ4v) is 3.56. The quantitative estimate of drug-likeness (QED) is 0.721. The van der Waals surface area contributed by atoms with Crippen LogP contribution in [0.25, 0.3) is 0 Å². The summed E-state index contributed by atoms with van der Waals surface area (Å²) in [6, 6.07) is 0. The maximum atomic E-state index is 11.2. The summed E-state index contributed by atoms with van der Waals surface area (Å²) < 4.78 is 22.3. The number of carbonyl (C=O) groups is 1. The summed E-state index contributed by atoms with van der Waals surface area (Å²) in [5.74, 6) is -2.16. The van der Waals surface area contributed by atoms with Crippen molar-refractivity contribution in [3.8, 4) is 0 Å². The molecule has 0 aromatic heterocycles. The molecule has 0 aromatic rings. The monoisotopic (exact) mass is 236 g/mol. The average Bonchev–Trinajstić information content (AvgIpc) is 2.12. The zero-order valence-corrected chi connectivity index (χ0v) is 9.46. The van der Waals surface area contributed by atoms with Crippen molar-refractivity contribution in [2.45, 2.75) is 31.8 Å². The first kappa shape index (κ1) is 12.4. The van der Waals surface area contributed by atoms with Gasteiger partial charge in [0.1, 0.15) is 0 Å². The van der Waals surface area contributed by atoms with Crippen LogP contribution in [0.1, 0.15) is 26.2 Å². The molecular formula is C9H16O5S. The first-order chi connectivity index (χ1) is 6.81. The Bertz CT molecular complexity index is 332. The van der Waals surface area contributed by atoms with Gasteiger partial charge in [-0.1, -0.05) is 6.92 Å². The van der Waals surface area contributed by atoms with Gasteiger partial charge in [-0.05, 0) is 19.3 Å². The molecule has 1 aliphatic heterocycles. The van der Waals surface area contributed by atoms with Crippen LogP contribution in [-0.4, -0.2) is 41.7 Å². The summed E-state index contributed by atoms with van der Waals surface area (Å²) in [7, 11) is -3.07. The van der Waals surface area contributed by atoms with Crippen LogP contribution in [0.5, 0.6) is 0 Å². The van der Waals surface area contributed by atoms with E-state index in [0.29, 0.717) is 6.42 Å². The second kappa shape index (κ2) is 4.09. The van der Waals surface area contributed by atoms with Gasteiger partial charge in [0.25, 0.3) is 0 Å². The van der Waals surface area contributed by atoms with Crippen molar-refractivity contribution in [3.63, 3.8) is 0 Å². The van der Waals surface area contributed by atoms with Crippen molar-refractivity contribution in [3.05, 3.63) is 0 Å². The van der Waals surface area contributed by atoms with Gasteiger partial charge < -0.3 is 10.2 Å². The van der Waals surface area contributed by atoms with Gasteiger partial charge in [-0.25, -0.2) is 8.42 Å². The summed E-state index contributed by atoms with van der Waals surface area (Å²) >= 11 is 0. The maximum absolute atomic E-state index is 11.2. The summed E-state index contributed by atoms with van der Waals surface area (Å²) in [5.41, 5.74) is -1.36. The van der Waals surface area contributed by atoms with Crippen LogP contribution in [0, 0.1) is 5.92 Å². The van der Waals surface area contributed by atoms with E-state index in [9.17, 15) is 18.3 Å². The number of hydrogen-bond donors (Lipinski definition) is 2. The Kier molecular flexibility index (Phi) is 3.40. The van der Waals surface area contributed by atoms with E-state index in [-0.39, 0.29) is 24.3 Å². The van der Waals surface area contributed by atoms with Gasteiger partial charge in [0, 0.05) is 0 Å². The molecule has 6 heteroatoms. The predicted molar refractivity (Wildman–Crippen MR) is 54.3 cm³/mol. The lowest BCUT2D eigenvalue weighted by molar-refractivity contribution is -0.153. The van der Waals surface area contributed by atoms with Crippen LogP contribution in [-0.2, 0) is 14.6 Å². The van der Waals surface area contributed by atoms with Crippen molar-refractivity contribution < 1.29 is 23.4 Å². The van der Waals surface area contributed by atoms with E-state index in [1.165, 1.54) is 0 Å². The molecule has 15 heavy (non-hydrogen) atoms. The molecule has 0 amide bonds. The molecule has 88 valence electrons. The molecule has 0 spiro atoms. The van der Waals surface area contributed by atoms with E-state index in [0.717, 1.165) is 0 Å². The zero-order chi connectivity index (χ0) is 11.7. The van der Waals surface area contributed by atoms with Crippen LogP contribution >= 0.6 is 0 Å². The Morgan fingerprint density at radius 3 is 2.20 bits per heavy atom. The third-order valence-corrected chi connectivity index (χ3v) is 4.70. The number of aliphatic carboxylic acids is 1. The number of sulfone groups is 1. The SMILES string of the molecule is CCC(C(=O)O)C1(O)CCS(=O)(=O)CC1. The molecule has 0 aliphatic carbocycles. The van der Waals surface area contributed by atoms with E-state index in [4.69, 9.17) is 5.11 Å². The van der Waals surface area contributed by atoms with Gasteiger partial charge in [-0.15, -0.1) is 0 Å². The van der Waals surface area contributed by atoms with Gasteiger partial charge in [-0.2, -0.15) is 0 Å². The van der Waals surface area contributed by atoms with Crippen LogP contribution in [0.3, 0.4) is 0 Å². The Morgan fingerprint density at radius 1 is 1.40 bits per heavy atom. The van der Waals surface area contributed by atoms with Gasteiger partial charge in [0.05, 0.1) is 23.0 Å². The van der Waals surface area contributed by atoms with E-state index in [1.807, 2.05) is 0 Å². The van der Waals surface area contributed by atoms with Crippen LogP contribution in [0.15, 0.2) is 0 Å². The molecule has 0 radical (unpaired) electrons. The highest BCUT2D eigenvalue weighted by Gasteiger charge is 2.44. The van der Waals surface area contributed by atoms with E-state index in [2.05, 4.69) is 0 Å². The Labute approximate surface area is 89.0 Å². The highest BCUT2D eigenvalue weighted by molar-refractivity contribution is 7.91. The van der Waals surface area contributed by atoms with E-state index in [1.54, 1.807) is 6.92 Å². The Morgan fingerprint density at radius 2 is 1.87 bits per heavy atom. The lowest BCUT2D eigenvalue weighted by Gasteiger charge is -2.36. The van der Waals surface area contributed by atoms with Crippen LogP contribution < -0.4 is 0 Å². The number of hydrogen-bond acceptors (Lipinski definition) is 4. The van der Waals surface area contributed by atoms with E-state index < -0.39 is 27.3 Å². The molecule has 1 rings (SSSR count). The van der Waals surface area contributed by atoms with Crippen molar-refractivity contribution >= 4 is 15.8 Å². The molecule has 1 fully saturated rings. The lowest BCUT2D eigenvalue weighted by Crippen LogP contribution is -2.48. The number of rotatable bonds is 3. The summed E-state index contributed by atoms with van der Waals surface area (Å²) in [6.45, 7) is 1.68. The molecule has 2 N–H and O–H groups in total. The molecule has 1 atom stereocenters. The largest absolute Gasteiger partial charge is 0.481 e. The van der Waals surface area contributed by atoms with Gasteiger partial charge >= 0.3 is 5.97 Å². The minimum atomic E-state index is -3.07. The third kappa shape index (κ3) is 2.69. The second-order valence-electron chi connectivity index (χ2n) is 4.05. The number of aliphatic hydroxyl groups is 1. The molecule has 0 saturated carbocycles. The van der Waals surface area contributed by atoms with Crippen LogP contribution in [0.4, 0.5) is 0 Å². The fraction of sp³-hybridized carbons (Fsp3) is 0.889. The van der Waals surface area contributed by atoms with Crippen molar-refractivity contribution in [1.29, 1.82) is 0 Å². The number of carboxylic acids is 1. The average molecular weight is 236 g/mol. The Balaban J connectivity index is 2.81. The fourth-order valence-electron chi connectivity index (χ4n) is 2.02.